The van der Waals surface area contributed by atoms with Gasteiger partial charge in [0.05, 0.1) is 25.1 Å². The van der Waals surface area contributed by atoms with Crippen LogP contribution in [0.15, 0.2) is 79.9 Å². The van der Waals surface area contributed by atoms with E-state index in [0.29, 0.717) is 25.9 Å². The lowest BCUT2D eigenvalue weighted by Gasteiger charge is -2.20. The van der Waals surface area contributed by atoms with Gasteiger partial charge in [-0.15, -0.1) is 13.2 Å². The molecule has 8 nitrogen and oxygen atoms in total. The van der Waals surface area contributed by atoms with Gasteiger partial charge < -0.3 is 25.2 Å². The van der Waals surface area contributed by atoms with Gasteiger partial charge in [-0.3, -0.25) is 14.4 Å². The number of carbonyl (C=O) groups excluding carboxylic acids is 3. The van der Waals surface area contributed by atoms with Crippen molar-refractivity contribution in [2.75, 3.05) is 13.2 Å². The molecule has 0 spiro atoms. The third kappa shape index (κ3) is 12.5. The molecular weight excluding hydrogens is 496 g/mol. The highest BCUT2D eigenvalue weighted by molar-refractivity contribution is 5.86. The lowest BCUT2D eigenvalue weighted by atomic mass is 9.99. The average molecular weight is 537 g/mol. The number of benzene rings is 2. The van der Waals surface area contributed by atoms with Crippen molar-refractivity contribution in [1.82, 2.24) is 10.6 Å². The van der Waals surface area contributed by atoms with Crippen molar-refractivity contribution in [2.45, 2.75) is 57.8 Å². The summed E-state index contributed by atoms with van der Waals surface area (Å²) >= 11 is 0. The topological polar surface area (TPSA) is 114 Å². The number of aliphatic hydroxyl groups is 1. The molecule has 3 N–H and O–H groups in total. The molecule has 3 atom stereocenters. The highest BCUT2D eigenvalue weighted by Crippen LogP contribution is 2.16. The van der Waals surface area contributed by atoms with Crippen LogP contribution in [0.4, 0.5) is 0 Å². The zero-order chi connectivity index (χ0) is 28.5. The van der Waals surface area contributed by atoms with Crippen LogP contribution in [-0.4, -0.2) is 48.2 Å². The van der Waals surface area contributed by atoms with Gasteiger partial charge in [0.2, 0.25) is 11.8 Å². The molecule has 2 rings (SSSR count). The molecule has 2 aromatic carbocycles. The Morgan fingerprint density at radius 1 is 1.00 bits per heavy atom. The highest BCUT2D eigenvalue weighted by Gasteiger charge is 2.23. The van der Waals surface area contributed by atoms with Crippen molar-refractivity contribution in [3.63, 3.8) is 0 Å². The molecule has 0 radical (unpaired) electrons. The van der Waals surface area contributed by atoms with Gasteiger partial charge in [0.25, 0.3) is 0 Å². The molecule has 0 aromatic heterocycles. The Hall–Kier alpha value is -3.91. The van der Waals surface area contributed by atoms with Crippen molar-refractivity contribution < 1.29 is 29.0 Å². The van der Waals surface area contributed by atoms with E-state index in [4.69, 9.17) is 9.47 Å². The second-order valence-corrected chi connectivity index (χ2v) is 9.37. The largest absolute Gasteiger partial charge is 0.489 e. The van der Waals surface area contributed by atoms with Crippen LogP contribution in [0, 0.1) is 5.92 Å². The fourth-order valence-corrected chi connectivity index (χ4v) is 3.84. The van der Waals surface area contributed by atoms with Gasteiger partial charge in [-0.1, -0.05) is 54.6 Å². The molecule has 0 bridgehead atoms. The minimum atomic E-state index is -0.633. The second kappa shape index (κ2) is 17.6. The van der Waals surface area contributed by atoms with E-state index in [9.17, 15) is 19.5 Å². The Morgan fingerprint density at radius 3 is 2.36 bits per heavy atom. The Kier molecular flexibility index (Phi) is 14.1. The van der Waals surface area contributed by atoms with Gasteiger partial charge >= 0.3 is 5.97 Å². The molecule has 210 valence electrons. The van der Waals surface area contributed by atoms with Gasteiger partial charge in [-0.05, 0) is 49.4 Å². The van der Waals surface area contributed by atoms with E-state index < -0.39 is 18.1 Å². The summed E-state index contributed by atoms with van der Waals surface area (Å²) in [6.07, 6.45) is 4.15. The van der Waals surface area contributed by atoms with Crippen LogP contribution in [-0.2, 0) is 32.1 Å². The number of amides is 2. The number of ether oxygens (including phenoxy) is 2. The van der Waals surface area contributed by atoms with Crippen LogP contribution in [0.5, 0.6) is 5.75 Å². The summed E-state index contributed by atoms with van der Waals surface area (Å²) < 4.78 is 11.1. The monoisotopic (exact) mass is 536 g/mol. The van der Waals surface area contributed by atoms with Gasteiger partial charge in [0, 0.05) is 12.8 Å². The molecule has 0 saturated heterocycles. The summed E-state index contributed by atoms with van der Waals surface area (Å²) in [6.45, 7) is 9.30. The van der Waals surface area contributed by atoms with E-state index in [0.717, 1.165) is 16.9 Å². The number of esters is 1. The van der Waals surface area contributed by atoms with Crippen molar-refractivity contribution >= 4 is 17.8 Å². The lowest BCUT2D eigenvalue weighted by molar-refractivity contribution is -0.148. The van der Waals surface area contributed by atoms with Crippen molar-refractivity contribution in [3.8, 4) is 5.75 Å². The quantitative estimate of drug-likeness (QED) is 0.197. The first-order valence-corrected chi connectivity index (χ1v) is 13.2. The maximum Gasteiger partial charge on any atom is 0.306 e. The molecule has 0 aliphatic heterocycles. The zero-order valence-electron chi connectivity index (χ0n) is 22.6. The van der Waals surface area contributed by atoms with Crippen molar-refractivity contribution in [1.29, 1.82) is 0 Å². The first kappa shape index (κ1) is 31.3. The van der Waals surface area contributed by atoms with Gasteiger partial charge in [-0.2, -0.15) is 0 Å². The number of rotatable bonds is 18. The van der Waals surface area contributed by atoms with Crippen LogP contribution in [0.25, 0.3) is 0 Å². The maximum atomic E-state index is 12.7. The molecule has 0 aliphatic carbocycles. The number of allylic oxidation sites excluding steroid dienone is 2. The van der Waals surface area contributed by atoms with Crippen molar-refractivity contribution in [3.05, 3.63) is 91.0 Å². The average Bonchev–Trinajstić information content (AvgIpc) is 2.94. The molecule has 2 amide bonds. The van der Waals surface area contributed by atoms with E-state index in [1.54, 1.807) is 19.1 Å². The molecule has 0 aliphatic rings. The Labute approximate surface area is 231 Å². The summed E-state index contributed by atoms with van der Waals surface area (Å²) in [7, 11) is 0. The minimum Gasteiger partial charge on any atom is -0.489 e. The Bertz CT molecular complexity index is 1050. The number of hydrogen-bond acceptors (Lipinski definition) is 6. The first-order valence-electron chi connectivity index (χ1n) is 13.2. The number of nitrogens with one attached hydrogen (secondary N) is 2. The fourth-order valence-electron chi connectivity index (χ4n) is 3.84. The van der Waals surface area contributed by atoms with E-state index in [1.165, 1.54) is 0 Å². The van der Waals surface area contributed by atoms with Gasteiger partial charge in [0.1, 0.15) is 18.5 Å². The van der Waals surface area contributed by atoms with Gasteiger partial charge in [-0.25, -0.2) is 0 Å². The standard InChI is InChI=1S/C31H40N2O6/c1-4-6-13-30(36)39-23(3)20-32-31(37)26(10-5-2)19-29(35)33-27(21-34)18-24-14-16-28(17-15-24)38-22-25-11-8-7-9-12-25/h4-5,7-9,11-12,14-17,23,26-27,34H,1-2,6,10,13,18-22H2,3H3,(H,32,37)(H,33,35)/t23-,26+,27-/m0/s1. The van der Waals surface area contributed by atoms with Crippen LogP contribution in [0.1, 0.15) is 43.7 Å². The predicted octanol–water partition coefficient (Wildman–Crippen LogP) is 3.88. The highest BCUT2D eigenvalue weighted by atomic mass is 16.5. The molecule has 0 saturated carbocycles. The summed E-state index contributed by atoms with van der Waals surface area (Å²) in [5, 5.41) is 15.4. The Morgan fingerprint density at radius 2 is 1.72 bits per heavy atom. The first-order chi connectivity index (χ1) is 18.8. The smallest absolute Gasteiger partial charge is 0.306 e. The molecule has 2 aromatic rings. The van der Waals surface area contributed by atoms with Crippen LogP contribution in [0.3, 0.4) is 0 Å². The number of hydrogen-bond donors (Lipinski definition) is 3. The summed E-state index contributed by atoms with van der Waals surface area (Å²) in [6, 6.07) is 16.9. The summed E-state index contributed by atoms with van der Waals surface area (Å²) in [4.78, 5) is 37.1. The van der Waals surface area contributed by atoms with E-state index >= 15 is 0 Å². The molecule has 0 unspecified atom stereocenters. The molecule has 0 fully saturated rings. The number of aliphatic hydroxyl groups excluding tert-OH is 1. The van der Waals surface area contributed by atoms with E-state index in [1.807, 2.05) is 54.6 Å². The van der Waals surface area contributed by atoms with Crippen LogP contribution < -0.4 is 15.4 Å². The maximum absolute atomic E-state index is 12.7. The minimum absolute atomic E-state index is 0.0614. The second-order valence-electron chi connectivity index (χ2n) is 9.37. The third-order valence-corrected chi connectivity index (χ3v) is 5.94. The molecule has 39 heavy (non-hydrogen) atoms. The Balaban J connectivity index is 1.81. The summed E-state index contributed by atoms with van der Waals surface area (Å²) in [5.74, 6) is -0.936. The SMILES string of the molecule is C=CCCC(=O)O[C@@H](C)CNC(=O)[C@H](CC=C)CC(=O)N[C@H](CO)Cc1ccc(OCc2ccccc2)cc1. The van der Waals surface area contributed by atoms with E-state index in [-0.39, 0.29) is 43.8 Å². The normalized spacial score (nSPS) is 12.9. The number of carbonyl (C=O) groups is 3. The summed E-state index contributed by atoms with van der Waals surface area (Å²) in [5.41, 5.74) is 2.00. The zero-order valence-corrected chi connectivity index (χ0v) is 22.6. The molecule has 0 heterocycles. The lowest BCUT2D eigenvalue weighted by Crippen LogP contribution is -2.42. The van der Waals surface area contributed by atoms with Crippen LogP contribution in [0.2, 0.25) is 0 Å². The van der Waals surface area contributed by atoms with Crippen LogP contribution >= 0.6 is 0 Å². The van der Waals surface area contributed by atoms with Crippen molar-refractivity contribution in [2.24, 2.45) is 5.92 Å². The molecular formula is C31H40N2O6. The molecule has 8 heteroatoms. The van der Waals surface area contributed by atoms with Gasteiger partial charge in [0.15, 0.2) is 0 Å². The van der Waals surface area contributed by atoms with E-state index in [2.05, 4.69) is 23.8 Å². The third-order valence-electron chi connectivity index (χ3n) is 5.94. The predicted molar refractivity (Wildman–Crippen MR) is 151 cm³/mol. The fraction of sp³-hybridized carbons (Fsp3) is 0.387.